The van der Waals surface area contributed by atoms with Gasteiger partial charge in [-0.1, -0.05) is 23.8 Å². The second-order valence-electron chi connectivity index (χ2n) is 9.88. The first-order valence-corrected chi connectivity index (χ1v) is 14.0. The molecular formula is C28H30ClFN8O4. The zero-order valence-electron chi connectivity index (χ0n) is 22.8. The molecule has 2 aromatic heterocycles. The molecule has 0 unspecified atom stereocenters. The number of carbonyl (C=O) groups excluding carboxylic acids is 1. The number of ether oxygens (including phenoxy) is 3. The fourth-order valence-electron chi connectivity index (χ4n) is 5.02. The van der Waals surface area contributed by atoms with Gasteiger partial charge in [-0.2, -0.15) is 15.2 Å². The first-order chi connectivity index (χ1) is 20.6. The van der Waals surface area contributed by atoms with E-state index in [2.05, 4.69) is 25.4 Å². The number of fused-ring (bicyclic) bond motifs is 3. The molecule has 0 spiro atoms. The van der Waals surface area contributed by atoms with E-state index in [9.17, 15) is 9.18 Å². The average molecular weight is 597 g/mol. The molecule has 0 radical (unpaired) electrons. The van der Waals surface area contributed by atoms with Crippen LogP contribution in [0.2, 0.25) is 5.02 Å². The van der Waals surface area contributed by atoms with Crippen molar-refractivity contribution in [2.24, 2.45) is 0 Å². The van der Waals surface area contributed by atoms with Gasteiger partial charge >= 0.3 is 6.03 Å². The lowest BCUT2D eigenvalue weighted by molar-refractivity contribution is 0.0320. The molecule has 2 amide bonds. The summed E-state index contributed by atoms with van der Waals surface area (Å²) in [5.74, 6) is 1.52. The van der Waals surface area contributed by atoms with E-state index >= 15 is 0 Å². The topological polar surface area (TPSA) is 118 Å². The maximum absolute atomic E-state index is 13.8. The van der Waals surface area contributed by atoms with Gasteiger partial charge in [0, 0.05) is 49.2 Å². The Hall–Kier alpha value is -3.91. The Balaban J connectivity index is 1.26. The van der Waals surface area contributed by atoms with Crippen molar-refractivity contribution in [2.45, 2.75) is 19.8 Å². The summed E-state index contributed by atoms with van der Waals surface area (Å²) in [5.41, 5.74) is 2.47. The van der Waals surface area contributed by atoms with E-state index < -0.39 is 12.7 Å². The van der Waals surface area contributed by atoms with Gasteiger partial charge in [-0.25, -0.2) is 14.2 Å². The number of nitrogens with one attached hydrogen (secondary N) is 1. The van der Waals surface area contributed by atoms with Crippen molar-refractivity contribution in [1.29, 1.82) is 0 Å². The number of alkyl halides is 1. The molecule has 220 valence electrons. The highest BCUT2D eigenvalue weighted by molar-refractivity contribution is 6.34. The average Bonchev–Trinajstić information content (AvgIpc) is 3.01. The van der Waals surface area contributed by atoms with Gasteiger partial charge in [0.05, 0.1) is 49.9 Å². The van der Waals surface area contributed by atoms with E-state index in [1.165, 1.54) is 16.0 Å². The van der Waals surface area contributed by atoms with Gasteiger partial charge in [-0.05, 0) is 18.2 Å². The van der Waals surface area contributed by atoms with Crippen molar-refractivity contribution < 1.29 is 23.4 Å². The highest BCUT2D eigenvalue weighted by atomic mass is 35.5. The fraction of sp³-hybridized carbons (Fsp3) is 0.393. The van der Waals surface area contributed by atoms with E-state index in [1.54, 1.807) is 6.20 Å². The molecule has 42 heavy (non-hydrogen) atoms. The molecule has 0 atom stereocenters. The summed E-state index contributed by atoms with van der Waals surface area (Å²) in [7, 11) is 0. The number of rotatable bonds is 6. The van der Waals surface area contributed by atoms with E-state index in [0.29, 0.717) is 37.2 Å². The van der Waals surface area contributed by atoms with Crippen LogP contribution >= 0.6 is 11.6 Å². The van der Waals surface area contributed by atoms with Crippen molar-refractivity contribution in [1.82, 2.24) is 25.1 Å². The van der Waals surface area contributed by atoms with E-state index in [-0.39, 0.29) is 29.5 Å². The predicted octanol–water partition coefficient (Wildman–Crippen LogP) is 3.88. The van der Waals surface area contributed by atoms with Crippen LogP contribution in [-0.4, -0.2) is 83.7 Å². The molecule has 3 aliphatic rings. The number of aromatic nitrogens is 4. The van der Waals surface area contributed by atoms with Gasteiger partial charge in [0.15, 0.2) is 0 Å². The maximum atomic E-state index is 13.8. The number of morpholine rings is 1. The standard InChI is InChI=1S/C28H30ClFN8O4/c29-22-16-32-35-23(14-30)25(22)38-17-20-15-31-27-33-21-3-4-24(42-12-8-36-6-10-40-11-7-36)19(13-21)18-41-9-2-1-5-37(28(38)39)26(20)34-27/h1-4,13,15-16H,5-12,14,17-18H2,(H,31,33,34)/b2-1-. The molecule has 4 bridgehead atoms. The largest absolute Gasteiger partial charge is 0.492 e. The van der Waals surface area contributed by atoms with Crippen LogP contribution in [-0.2, 0) is 29.3 Å². The second kappa shape index (κ2) is 12.9. The zero-order chi connectivity index (χ0) is 28.9. The summed E-state index contributed by atoms with van der Waals surface area (Å²) in [6.07, 6.45) is 6.61. The van der Waals surface area contributed by atoms with E-state index in [1.807, 2.05) is 30.4 Å². The third kappa shape index (κ3) is 6.14. The minimum absolute atomic E-state index is 0.0196. The Morgan fingerprint density at radius 1 is 1.10 bits per heavy atom. The van der Waals surface area contributed by atoms with Crippen molar-refractivity contribution in [3.05, 3.63) is 64.6 Å². The van der Waals surface area contributed by atoms with Gasteiger partial charge in [0.25, 0.3) is 0 Å². The molecular weight excluding hydrogens is 567 g/mol. The Morgan fingerprint density at radius 3 is 2.83 bits per heavy atom. The lowest BCUT2D eigenvalue weighted by Crippen LogP contribution is -2.48. The number of benzene rings is 1. The van der Waals surface area contributed by atoms with E-state index in [0.717, 1.165) is 49.8 Å². The first-order valence-electron chi connectivity index (χ1n) is 13.7. The van der Waals surface area contributed by atoms with Crippen LogP contribution in [0.5, 0.6) is 5.75 Å². The molecule has 1 fully saturated rings. The van der Waals surface area contributed by atoms with Crippen LogP contribution in [0.15, 0.2) is 42.7 Å². The Labute approximate surface area is 247 Å². The quantitative estimate of drug-likeness (QED) is 0.420. The lowest BCUT2D eigenvalue weighted by Gasteiger charge is -2.36. The highest BCUT2D eigenvalue weighted by Crippen LogP contribution is 2.36. The predicted molar refractivity (Wildman–Crippen MR) is 154 cm³/mol. The number of hydrogen-bond donors (Lipinski definition) is 1. The molecule has 5 heterocycles. The van der Waals surface area contributed by atoms with Gasteiger partial charge in [-0.3, -0.25) is 14.7 Å². The summed E-state index contributed by atoms with van der Waals surface area (Å²) in [5, 5.41) is 10.9. The molecule has 0 saturated carbocycles. The van der Waals surface area contributed by atoms with E-state index in [4.69, 9.17) is 30.8 Å². The Kier molecular flexibility index (Phi) is 8.70. The number of nitrogens with zero attached hydrogens (tertiary/aromatic N) is 7. The smallest absolute Gasteiger partial charge is 0.330 e. The normalized spacial score (nSPS) is 18.3. The molecule has 14 heteroatoms. The third-order valence-corrected chi connectivity index (χ3v) is 7.42. The summed E-state index contributed by atoms with van der Waals surface area (Å²) < 4.78 is 31.3. The number of amides is 2. The Bertz CT molecular complexity index is 1470. The van der Waals surface area contributed by atoms with Crippen molar-refractivity contribution in [3.8, 4) is 5.75 Å². The molecule has 3 aliphatic heterocycles. The van der Waals surface area contributed by atoms with Crippen LogP contribution in [0.1, 0.15) is 16.8 Å². The maximum Gasteiger partial charge on any atom is 0.330 e. The fourth-order valence-corrected chi connectivity index (χ4v) is 5.28. The zero-order valence-corrected chi connectivity index (χ0v) is 23.6. The number of urea groups is 1. The minimum atomic E-state index is -0.921. The molecule has 1 aromatic carbocycles. The van der Waals surface area contributed by atoms with Crippen molar-refractivity contribution in [2.75, 3.05) is 67.7 Å². The number of halogens is 2. The monoisotopic (exact) mass is 596 g/mol. The first kappa shape index (κ1) is 28.2. The second-order valence-corrected chi connectivity index (χ2v) is 10.3. The van der Waals surface area contributed by atoms with Crippen LogP contribution in [0, 0.1) is 0 Å². The molecule has 0 aliphatic carbocycles. The van der Waals surface area contributed by atoms with Crippen molar-refractivity contribution in [3.63, 3.8) is 0 Å². The van der Waals surface area contributed by atoms with Crippen LogP contribution in [0.3, 0.4) is 0 Å². The number of carbonyl (C=O) groups is 1. The highest BCUT2D eigenvalue weighted by Gasteiger charge is 2.35. The van der Waals surface area contributed by atoms with Crippen LogP contribution in [0.4, 0.5) is 32.3 Å². The summed E-state index contributed by atoms with van der Waals surface area (Å²) in [6.45, 7) is 4.71. The Morgan fingerprint density at radius 2 is 1.98 bits per heavy atom. The van der Waals surface area contributed by atoms with Gasteiger partial charge in [0.1, 0.15) is 30.5 Å². The molecule has 1 N–H and O–H groups in total. The SMILES string of the molecule is O=C1N2C/C=C\COCc3cc(ccc3OCCN3CCOCC3)Nc3ncc(c2n3)CN1c1c(Cl)cnnc1CF. The number of hydrogen-bond acceptors (Lipinski definition) is 10. The van der Waals surface area contributed by atoms with Gasteiger partial charge < -0.3 is 19.5 Å². The van der Waals surface area contributed by atoms with Gasteiger partial charge in [0.2, 0.25) is 5.95 Å². The van der Waals surface area contributed by atoms with Crippen LogP contribution < -0.4 is 19.9 Å². The third-order valence-electron chi connectivity index (χ3n) is 7.14. The molecule has 6 rings (SSSR count). The van der Waals surface area contributed by atoms with Crippen molar-refractivity contribution >= 4 is 40.8 Å². The van der Waals surface area contributed by atoms with Crippen LogP contribution in [0.25, 0.3) is 0 Å². The van der Waals surface area contributed by atoms with Gasteiger partial charge in [-0.15, -0.1) is 0 Å². The number of anilines is 4. The molecule has 3 aromatic rings. The molecule has 1 saturated heterocycles. The summed E-state index contributed by atoms with van der Waals surface area (Å²) >= 11 is 6.35. The summed E-state index contributed by atoms with van der Waals surface area (Å²) in [6, 6.07) is 5.33. The molecule has 12 nitrogen and oxygen atoms in total. The summed E-state index contributed by atoms with van der Waals surface area (Å²) in [4.78, 5) is 28.1. The minimum Gasteiger partial charge on any atom is -0.492 e. The lowest BCUT2D eigenvalue weighted by atomic mass is 10.1.